The minimum atomic E-state index is -0.669. The van der Waals surface area contributed by atoms with E-state index >= 15 is 4.79 Å². The Hall–Kier alpha value is -2.46. The molecule has 0 radical (unpaired) electrons. The zero-order valence-electron chi connectivity index (χ0n) is 36.6. The predicted molar refractivity (Wildman–Crippen MR) is 258 cm³/mol. The lowest BCUT2D eigenvalue weighted by Gasteiger charge is -2.44. The molecule has 63 heavy (non-hydrogen) atoms. The second kappa shape index (κ2) is 21.9. The molecule has 9 nitrogen and oxygen atoms in total. The minimum absolute atomic E-state index is 0. The van der Waals surface area contributed by atoms with E-state index in [4.69, 9.17) is 34.7 Å². The molecule has 16 heteroatoms. The average Bonchev–Trinajstić information content (AvgIpc) is 3.84. The van der Waals surface area contributed by atoms with Gasteiger partial charge in [0, 0.05) is 34.9 Å². The first-order valence-electron chi connectivity index (χ1n) is 22.9. The number of thiazole rings is 2. The summed E-state index contributed by atoms with van der Waals surface area (Å²) in [6.45, 7) is 11.5. The zero-order chi connectivity index (χ0) is 43.5. The number of halogens is 5. The first-order valence-corrected chi connectivity index (χ1v) is 25.2. The Morgan fingerprint density at radius 2 is 1.11 bits per heavy atom. The molecule has 2 saturated heterocycles. The summed E-state index contributed by atoms with van der Waals surface area (Å²) in [5.74, 6) is -0.0912. The zero-order valence-corrected chi connectivity index (χ0v) is 40.5. The van der Waals surface area contributed by atoms with Crippen LogP contribution in [-0.2, 0) is 30.5 Å². The lowest BCUT2D eigenvalue weighted by Crippen LogP contribution is -2.49. The van der Waals surface area contributed by atoms with Crippen molar-refractivity contribution in [3.05, 3.63) is 90.3 Å². The van der Waals surface area contributed by atoms with E-state index in [9.17, 15) is 8.78 Å². The van der Waals surface area contributed by atoms with Crippen LogP contribution in [0.4, 0.5) is 19.0 Å². The Morgan fingerprint density at radius 3 is 1.48 bits per heavy atom. The highest BCUT2D eigenvalue weighted by atomic mass is 35.5. The fourth-order valence-electron chi connectivity index (χ4n) is 10.9. The monoisotopic (exact) mass is 962 g/mol. The molecule has 2 aromatic carbocycles. The Kier molecular flexibility index (Phi) is 16.8. The maximum absolute atomic E-state index is 15.5. The van der Waals surface area contributed by atoms with Gasteiger partial charge in [-0.05, 0) is 164 Å². The first-order chi connectivity index (χ1) is 30.0. The van der Waals surface area contributed by atoms with E-state index in [1.165, 1.54) is 33.3 Å². The molecule has 2 aliphatic heterocycles. The van der Waals surface area contributed by atoms with Crippen LogP contribution in [0.1, 0.15) is 110 Å². The third-order valence-corrected chi connectivity index (χ3v) is 16.5. The summed E-state index contributed by atoms with van der Waals surface area (Å²) in [4.78, 5) is 37.3. The quantitative estimate of drug-likeness (QED) is 0.114. The van der Waals surface area contributed by atoms with Crippen LogP contribution in [0.5, 0.6) is 0 Å². The number of Topliss-reactive ketones (excluding diaryl/α,β-unsaturated/α-hetero) is 1. The number of piperidine rings is 2. The third kappa shape index (κ3) is 11.4. The van der Waals surface area contributed by atoms with Crippen molar-refractivity contribution in [2.24, 2.45) is 11.8 Å². The average molecular weight is 965 g/mol. The van der Waals surface area contributed by atoms with Gasteiger partial charge in [0.15, 0.2) is 16.0 Å². The van der Waals surface area contributed by atoms with Crippen molar-refractivity contribution in [2.45, 2.75) is 115 Å². The summed E-state index contributed by atoms with van der Waals surface area (Å²) in [5, 5.41) is 1.32. The van der Waals surface area contributed by atoms with Gasteiger partial charge >= 0.3 is 0 Å². The number of nitrogens with two attached hydrogens (primary N) is 2. The van der Waals surface area contributed by atoms with Gasteiger partial charge in [0.1, 0.15) is 11.6 Å². The van der Waals surface area contributed by atoms with Crippen molar-refractivity contribution in [2.75, 3.05) is 63.8 Å². The molecule has 4 atom stereocenters. The van der Waals surface area contributed by atoms with Crippen LogP contribution in [0.25, 0.3) is 0 Å². The molecule has 344 valence electrons. The van der Waals surface area contributed by atoms with Crippen molar-refractivity contribution < 1.29 is 13.6 Å². The van der Waals surface area contributed by atoms with Gasteiger partial charge in [-0.2, -0.15) is 0 Å². The molecule has 2 unspecified atom stereocenters. The summed E-state index contributed by atoms with van der Waals surface area (Å²) in [6, 6.07) is 9.00. The number of nitrogen functional groups attached to an aromatic ring is 2. The van der Waals surface area contributed by atoms with Gasteiger partial charge in [0.25, 0.3) is 0 Å². The highest BCUT2D eigenvalue weighted by Crippen LogP contribution is 2.40. The van der Waals surface area contributed by atoms with E-state index in [0.29, 0.717) is 45.3 Å². The molecule has 4 aliphatic rings. The van der Waals surface area contributed by atoms with Crippen LogP contribution in [0.15, 0.2) is 36.4 Å². The standard InChI is InChI=1S/C47H62Cl2F2N8OS2.ClH/c1-3-17-58(33-7-11-39-41(25-33)61-46(52)54-39)27-29-13-19-56(20-14-29)43(31-5-9-37(50)35(48)23-31)45(60)44(32-6-10-38(51)36(49)24-32)57-21-15-30(16-22-57)28-59(18-4-2)34-8-12-40-42(26-34)62-47(53)55-40;/h5-6,9-10,23-24,29-30,33-34,43-44H,3-4,7-8,11-22,25-28H2,1-2H3,(H2,52,54)(H2,53,55);1H/t33?,34?,43-,44-;/m0./s1. The lowest BCUT2D eigenvalue weighted by molar-refractivity contribution is -0.131. The smallest absolute Gasteiger partial charge is 0.180 e. The Bertz CT molecular complexity index is 2010. The molecule has 0 amide bonds. The van der Waals surface area contributed by atoms with E-state index in [1.54, 1.807) is 46.9 Å². The Balaban J connectivity index is 0.00000595. The third-order valence-electron chi connectivity index (χ3n) is 14.0. The molecular formula is C47H63Cl3F2N8OS2. The van der Waals surface area contributed by atoms with Crippen molar-refractivity contribution in [3.8, 4) is 0 Å². The summed E-state index contributed by atoms with van der Waals surface area (Å²) in [6.07, 6.45) is 12.0. The Morgan fingerprint density at radius 1 is 0.714 bits per heavy atom. The van der Waals surface area contributed by atoms with Crippen LogP contribution in [0.3, 0.4) is 0 Å². The van der Waals surface area contributed by atoms with Gasteiger partial charge in [-0.3, -0.25) is 24.4 Å². The topological polar surface area (TPSA) is 108 Å². The Labute approximate surface area is 396 Å². The number of hydrogen-bond donors (Lipinski definition) is 2. The number of aryl methyl sites for hydroxylation is 2. The summed E-state index contributed by atoms with van der Waals surface area (Å²) >= 11 is 16.2. The number of carbonyl (C=O) groups is 1. The molecule has 0 spiro atoms. The number of hydrogen-bond acceptors (Lipinski definition) is 11. The molecule has 2 fully saturated rings. The molecular weight excluding hydrogens is 901 g/mol. The number of benzene rings is 2. The summed E-state index contributed by atoms with van der Waals surface area (Å²) in [5.41, 5.74) is 15.9. The highest BCUT2D eigenvalue weighted by molar-refractivity contribution is 7.15. The van der Waals surface area contributed by atoms with Crippen molar-refractivity contribution in [1.82, 2.24) is 29.6 Å². The summed E-state index contributed by atoms with van der Waals surface area (Å²) in [7, 11) is 0. The first kappa shape index (κ1) is 48.5. The SMILES string of the molecule is CCCN(CC1CCN([C@H](C(=O)[C@H](c2ccc(F)c(Cl)c2)N2CCC(CN(CCC)C3CCc4nc(N)sc4C3)CC2)c2ccc(F)c(Cl)c2)CC1)C1CCc2nc(N)sc2C1.Cl. The van der Waals surface area contributed by atoms with Crippen LogP contribution < -0.4 is 11.5 Å². The lowest BCUT2D eigenvalue weighted by atomic mass is 9.86. The second-order valence-electron chi connectivity index (χ2n) is 18.1. The van der Waals surface area contributed by atoms with Crippen molar-refractivity contribution >= 4 is 74.3 Å². The van der Waals surface area contributed by atoms with Gasteiger partial charge in [0.05, 0.1) is 33.5 Å². The molecule has 2 aliphatic carbocycles. The van der Waals surface area contributed by atoms with E-state index in [1.807, 2.05) is 0 Å². The van der Waals surface area contributed by atoms with Crippen LogP contribution in [0, 0.1) is 23.5 Å². The van der Waals surface area contributed by atoms with Crippen molar-refractivity contribution in [3.63, 3.8) is 0 Å². The molecule has 8 rings (SSSR count). The number of aromatic nitrogens is 2. The number of anilines is 2. The van der Waals surface area contributed by atoms with Gasteiger partial charge in [0.2, 0.25) is 0 Å². The number of fused-ring (bicyclic) bond motifs is 2. The normalized spacial score (nSPS) is 21.3. The van der Waals surface area contributed by atoms with Gasteiger partial charge in [-0.15, -0.1) is 35.1 Å². The molecule has 4 aromatic rings. The van der Waals surface area contributed by atoms with Crippen LogP contribution >= 0.6 is 58.3 Å². The van der Waals surface area contributed by atoms with Gasteiger partial charge in [-0.1, -0.05) is 49.2 Å². The van der Waals surface area contributed by atoms with E-state index in [0.717, 1.165) is 129 Å². The highest BCUT2D eigenvalue weighted by Gasteiger charge is 2.41. The predicted octanol–water partition coefficient (Wildman–Crippen LogP) is 10.1. The molecule has 4 N–H and O–H groups in total. The fourth-order valence-corrected chi connectivity index (χ4v) is 13.2. The second-order valence-corrected chi connectivity index (χ2v) is 21.2. The molecule has 2 aromatic heterocycles. The van der Waals surface area contributed by atoms with Gasteiger partial charge in [-0.25, -0.2) is 18.7 Å². The number of likely N-dealkylation sites (tertiary alicyclic amines) is 2. The van der Waals surface area contributed by atoms with Crippen molar-refractivity contribution in [1.29, 1.82) is 0 Å². The largest absolute Gasteiger partial charge is 0.375 e. The van der Waals surface area contributed by atoms with Crippen LogP contribution in [0.2, 0.25) is 10.0 Å². The molecule has 0 saturated carbocycles. The maximum Gasteiger partial charge on any atom is 0.180 e. The van der Waals surface area contributed by atoms with E-state index in [-0.39, 0.29) is 28.2 Å². The molecule has 4 heterocycles. The number of ketones is 1. The molecule has 0 bridgehead atoms. The minimum Gasteiger partial charge on any atom is -0.375 e. The van der Waals surface area contributed by atoms with E-state index in [2.05, 4.69) is 43.4 Å². The number of rotatable bonds is 16. The fraction of sp³-hybridized carbons (Fsp3) is 0.596. The number of nitrogens with zero attached hydrogens (tertiary/aromatic N) is 6. The van der Waals surface area contributed by atoms with Crippen LogP contribution in [-0.4, -0.2) is 99.8 Å². The maximum atomic E-state index is 15.5. The number of carbonyl (C=O) groups excluding carboxylic acids is 1. The van der Waals surface area contributed by atoms with E-state index < -0.39 is 23.7 Å². The van der Waals surface area contributed by atoms with Gasteiger partial charge < -0.3 is 11.5 Å². The summed E-state index contributed by atoms with van der Waals surface area (Å²) < 4.78 is 29.4.